The molecule has 0 fully saturated rings. The largest absolute Gasteiger partial charge is 0.479 e. The van der Waals surface area contributed by atoms with E-state index in [9.17, 15) is 0 Å². The first-order valence-electron chi connectivity index (χ1n) is 8.20. The molecule has 4 rings (SSSR count). The Kier molecular flexibility index (Phi) is 4.33. The van der Waals surface area contributed by atoms with Crippen LogP contribution in [0.1, 0.15) is 29.5 Å². The van der Waals surface area contributed by atoms with Gasteiger partial charge in [-0.1, -0.05) is 53.6 Å². The van der Waals surface area contributed by atoms with Gasteiger partial charge in [-0.25, -0.2) is 0 Å². The van der Waals surface area contributed by atoms with Crippen molar-refractivity contribution >= 4 is 28.9 Å². The number of hydrogen-bond donors (Lipinski definition) is 1. The van der Waals surface area contributed by atoms with E-state index in [0.29, 0.717) is 27.6 Å². The molecule has 2 aromatic rings. The molecule has 126 valence electrons. The van der Waals surface area contributed by atoms with Crippen LogP contribution in [0.15, 0.2) is 48.6 Å². The molecule has 0 spiro atoms. The molecule has 1 aliphatic carbocycles. The second-order valence-electron chi connectivity index (χ2n) is 6.32. The van der Waals surface area contributed by atoms with E-state index in [1.807, 2.05) is 36.4 Å². The number of rotatable bonds is 3. The SMILES string of the molecule is N#CCOc1ccc([C@@H]2Nc3c(ccc(Cl)c3Cl)[C@@H]3C=CC[C@@H]32)cc1. The van der Waals surface area contributed by atoms with Crippen molar-refractivity contribution < 1.29 is 4.74 Å². The molecular formula is C20H16Cl2N2O. The summed E-state index contributed by atoms with van der Waals surface area (Å²) in [5.74, 6) is 1.48. The smallest absolute Gasteiger partial charge is 0.174 e. The lowest BCUT2D eigenvalue weighted by atomic mass is 9.77. The van der Waals surface area contributed by atoms with Gasteiger partial charge in [0.15, 0.2) is 6.61 Å². The van der Waals surface area contributed by atoms with Gasteiger partial charge in [-0.05, 0) is 41.7 Å². The minimum atomic E-state index is 0.0527. The lowest BCUT2D eigenvalue weighted by Crippen LogP contribution is -2.29. The number of benzene rings is 2. The van der Waals surface area contributed by atoms with E-state index in [4.69, 9.17) is 33.2 Å². The average molecular weight is 371 g/mol. The molecule has 5 heteroatoms. The average Bonchev–Trinajstić information content (AvgIpc) is 3.13. The van der Waals surface area contributed by atoms with Crippen molar-refractivity contribution in [2.75, 3.05) is 11.9 Å². The Morgan fingerprint density at radius 1 is 1.16 bits per heavy atom. The van der Waals surface area contributed by atoms with Gasteiger partial charge in [0.25, 0.3) is 0 Å². The molecule has 2 aromatic carbocycles. The van der Waals surface area contributed by atoms with Crippen molar-refractivity contribution in [1.82, 2.24) is 0 Å². The molecule has 0 saturated heterocycles. The minimum Gasteiger partial charge on any atom is -0.479 e. The van der Waals surface area contributed by atoms with Crippen LogP contribution in [0.4, 0.5) is 5.69 Å². The zero-order valence-corrected chi connectivity index (χ0v) is 14.9. The molecule has 1 heterocycles. The molecule has 0 saturated carbocycles. The zero-order valence-electron chi connectivity index (χ0n) is 13.4. The standard InChI is InChI=1S/C20H16Cl2N2O/c21-17-9-8-16-14-2-1-3-15(14)19(24-20(16)18(17)22)12-4-6-13(7-5-12)25-11-10-23/h1-2,4-9,14-15,19,24H,3,11H2/t14-,15+,19+/m1/s1. The molecule has 25 heavy (non-hydrogen) atoms. The topological polar surface area (TPSA) is 45.0 Å². The van der Waals surface area contributed by atoms with Gasteiger partial charge in [-0.15, -0.1) is 0 Å². The van der Waals surface area contributed by atoms with Crippen molar-refractivity contribution in [2.24, 2.45) is 5.92 Å². The molecule has 1 aliphatic heterocycles. The summed E-state index contributed by atoms with van der Waals surface area (Å²) in [7, 11) is 0. The summed E-state index contributed by atoms with van der Waals surface area (Å²) >= 11 is 12.7. The quantitative estimate of drug-likeness (QED) is 0.702. The summed E-state index contributed by atoms with van der Waals surface area (Å²) in [6.45, 7) is 0.0527. The van der Waals surface area contributed by atoms with Crippen LogP contribution in [0.5, 0.6) is 5.75 Å². The summed E-state index contributed by atoms with van der Waals surface area (Å²) in [5, 5.41) is 13.4. The molecule has 3 nitrogen and oxygen atoms in total. The van der Waals surface area contributed by atoms with Crippen LogP contribution >= 0.6 is 23.2 Å². The Hall–Kier alpha value is -2.15. The van der Waals surface area contributed by atoms with Crippen LogP contribution in [-0.2, 0) is 0 Å². The number of nitriles is 1. The van der Waals surface area contributed by atoms with Crippen LogP contribution in [0, 0.1) is 17.2 Å². The van der Waals surface area contributed by atoms with Gasteiger partial charge in [-0.2, -0.15) is 5.26 Å². The highest BCUT2D eigenvalue weighted by atomic mass is 35.5. The van der Waals surface area contributed by atoms with Crippen molar-refractivity contribution in [2.45, 2.75) is 18.4 Å². The highest BCUT2D eigenvalue weighted by Crippen LogP contribution is 2.52. The van der Waals surface area contributed by atoms with Gasteiger partial charge >= 0.3 is 0 Å². The van der Waals surface area contributed by atoms with Gasteiger partial charge in [0.1, 0.15) is 11.8 Å². The summed E-state index contributed by atoms with van der Waals surface area (Å²) in [4.78, 5) is 0. The molecule has 0 unspecified atom stereocenters. The Balaban J connectivity index is 1.69. The predicted molar refractivity (Wildman–Crippen MR) is 100 cm³/mol. The summed E-state index contributed by atoms with van der Waals surface area (Å²) in [5.41, 5.74) is 3.31. The van der Waals surface area contributed by atoms with Gasteiger partial charge < -0.3 is 10.1 Å². The molecular weight excluding hydrogens is 355 g/mol. The highest BCUT2D eigenvalue weighted by molar-refractivity contribution is 6.43. The van der Waals surface area contributed by atoms with Crippen LogP contribution in [0.2, 0.25) is 10.0 Å². The molecule has 0 aromatic heterocycles. The van der Waals surface area contributed by atoms with Gasteiger partial charge in [0.2, 0.25) is 0 Å². The van der Waals surface area contributed by atoms with E-state index in [2.05, 4.69) is 23.5 Å². The van der Waals surface area contributed by atoms with Gasteiger partial charge in [0.05, 0.1) is 21.8 Å². The van der Waals surface area contributed by atoms with Crippen LogP contribution < -0.4 is 10.1 Å². The molecule has 0 amide bonds. The molecule has 0 bridgehead atoms. The Labute approximate surface area is 156 Å². The fraction of sp³-hybridized carbons (Fsp3) is 0.250. The van der Waals surface area contributed by atoms with Gasteiger partial charge in [0, 0.05) is 5.92 Å². The van der Waals surface area contributed by atoms with E-state index in [1.54, 1.807) is 0 Å². The van der Waals surface area contributed by atoms with Crippen molar-refractivity contribution in [3.63, 3.8) is 0 Å². The van der Waals surface area contributed by atoms with E-state index >= 15 is 0 Å². The summed E-state index contributed by atoms with van der Waals surface area (Å²) in [6, 6.07) is 14.0. The monoisotopic (exact) mass is 370 g/mol. The number of anilines is 1. The first kappa shape index (κ1) is 16.3. The van der Waals surface area contributed by atoms with Crippen LogP contribution in [0.3, 0.4) is 0 Å². The van der Waals surface area contributed by atoms with Crippen LogP contribution in [0.25, 0.3) is 0 Å². The van der Waals surface area contributed by atoms with Crippen molar-refractivity contribution in [1.29, 1.82) is 5.26 Å². The number of nitrogens with zero attached hydrogens (tertiary/aromatic N) is 1. The number of ether oxygens (including phenoxy) is 1. The number of nitrogens with one attached hydrogen (secondary N) is 1. The fourth-order valence-electron chi connectivity index (χ4n) is 3.82. The first-order chi connectivity index (χ1) is 12.2. The van der Waals surface area contributed by atoms with Crippen molar-refractivity contribution in [3.8, 4) is 11.8 Å². The van der Waals surface area contributed by atoms with Gasteiger partial charge in [-0.3, -0.25) is 0 Å². The lowest BCUT2D eigenvalue weighted by Gasteiger charge is -2.38. The number of halogens is 2. The number of allylic oxidation sites excluding steroid dienone is 2. The number of fused-ring (bicyclic) bond motifs is 3. The first-order valence-corrected chi connectivity index (χ1v) is 8.95. The second kappa shape index (κ2) is 6.63. The Bertz CT molecular complexity index is 871. The summed E-state index contributed by atoms with van der Waals surface area (Å²) < 4.78 is 5.34. The maximum atomic E-state index is 8.61. The maximum absolute atomic E-state index is 8.61. The third-order valence-electron chi connectivity index (χ3n) is 4.97. The van der Waals surface area contributed by atoms with E-state index in [1.165, 1.54) is 11.1 Å². The molecule has 1 N–H and O–H groups in total. The third kappa shape index (κ3) is 2.86. The predicted octanol–water partition coefficient (Wildman–Crippen LogP) is 5.72. The third-order valence-corrected chi connectivity index (χ3v) is 5.77. The van der Waals surface area contributed by atoms with Crippen LogP contribution in [-0.4, -0.2) is 6.61 Å². The molecule has 0 radical (unpaired) electrons. The van der Waals surface area contributed by atoms with E-state index < -0.39 is 0 Å². The molecule has 2 aliphatic rings. The van der Waals surface area contributed by atoms with E-state index in [0.717, 1.165) is 12.1 Å². The van der Waals surface area contributed by atoms with E-state index in [-0.39, 0.29) is 12.6 Å². The summed E-state index contributed by atoms with van der Waals surface area (Å²) in [6.07, 6.45) is 5.53. The Morgan fingerprint density at radius 2 is 1.96 bits per heavy atom. The minimum absolute atomic E-state index is 0.0527. The zero-order chi connectivity index (χ0) is 17.4. The van der Waals surface area contributed by atoms with Crippen molar-refractivity contribution in [3.05, 3.63) is 69.7 Å². The normalized spacial score (nSPS) is 23.3. The Morgan fingerprint density at radius 3 is 2.72 bits per heavy atom. The second-order valence-corrected chi connectivity index (χ2v) is 7.10. The highest BCUT2D eigenvalue weighted by Gasteiger charge is 2.38. The number of hydrogen-bond acceptors (Lipinski definition) is 3. The maximum Gasteiger partial charge on any atom is 0.174 e. The lowest BCUT2D eigenvalue weighted by molar-refractivity contribution is 0.367. The fourth-order valence-corrected chi connectivity index (χ4v) is 4.20. The molecule has 3 atom stereocenters.